The smallest absolute Gasteiger partial charge is 0.253 e. The number of methoxy groups -OCH3 is 1. The van der Waals surface area contributed by atoms with Gasteiger partial charge in [-0.2, -0.15) is 0 Å². The number of ether oxygens (including phenoxy) is 2. The van der Waals surface area contributed by atoms with Crippen molar-refractivity contribution in [2.45, 2.75) is 38.1 Å². The second-order valence-corrected chi connectivity index (χ2v) is 7.78. The van der Waals surface area contributed by atoms with Crippen LogP contribution >= 0.6 is 0 Å². The summed E-state index contributed by atoms with van der Waals surface area (Å²) in [7, 11) is 3.51. The summed E-state index contributed by atoms with van der Waals surface area (Å²) in [5.74, 6) is 1.71. The van der Waals surface area contributed by atoms with Gasteiger partial charge in [0.1, 0.15) is 6.33 Å². The van der Waals surface area contributed by atoms with Crippen LogP contribution in [-0.2, 0) is 0 Å². The van der Waals surface area contributed by atoms with Gasteiger partial charge in [-0.15, -0.1) is 0 Å². The highest BCUT2D eigenvalue weighted by Gasteiger charge is 2.23. The molecule has 160 valence electrons. The molecule has 4 rings (SSSR count). The molecule has 1 fully saturated rings. The van der Waals surface area contributed by atoms with Crippen LogP contribution < -0.4 is 9.47 Å². The normalized spacial score (nSPS) is 14.1. The first-order valence-electron chi connectivity index (χ1n) is 10.7. The lowest BCUT2D eigenvalue weighted by Crippen LogP contribution is -2.38. The number of carbonyl (C=O) groups is 1. The minimum absolute atomic E-state index is 0.0707. The maximum absolute atomic E-state index is 12.9. The fourth-order valence-corrected chi connectivity index (χ4v) is 3.99. The number of nitrogens with zero attached hydrogens (tertiary/aromatic N) is 3. The summed E-state index contributed by atoms with van der Waals surface area (Å²) >= 11 is 0. The average Bonchev–Trinajstić information content (AvgIpc) is 2.84. The number of rotatable bonds is 6. The number of benzene rings is 2. The summed E-state index contributed by atoms with van der Waals surface area (Å²) < 4.78 is 11.2. The summed E-state index contributed by atoms with van der Waals surface area (Å²) in [6.45, 7) is 0. The molecule has 6 heteroatoms. The van der Waals surface area contributed by atoms with Crippen molar-refractivity contribution in [2.24, 2.45) is 0 Å². The van der Waals surface area contributed by atoms with Gasteiger partial charge in [-0.25, -0.2) is 9.97 Å². The van der Waals surface area contributed by atoms with Crippen LogP contribution in [0, 0.1) is 0 Å². The molecule has 1 amide bonds. The zero-order valence-electron chi connectivity index (χ0n) is 18.0. The van der Waals surface area contributed by atoms with Crippen molar-refractivity contribution in [3.8, 4) is 28.6 Å². The van der Waals surface area contributed by atoms with E-state index in [0.29, 0.717) is 29.0 Å². The molecule has 1 aliphatic rings. The van der Waals surface area contributed by atoms with E-state index >= 15 is 0 Å². The van der Waals surface area contributed by atoms with Crippen LogP contribution in [0.1, 0.15) is 42.5 Å². The lowest BCUT2D eigenvalue weighted by molar-refractivity contribution is 0.0696. The molecule has 0 aliphatic heterocycles. The van der Waals surface area contributed by atoms with E-state index in [1.165, 1.54) is 25.6 Å². The first kappa shape index (κ1) is 20.8. The van der Waals surface area contributed by atoms with Crippen LogP contribution in [0.25, 0.3) is 11.3 Å². The third kappa shape index (κ3) is 4.85. The van der Waals surface area contributed by atoms with Crippen LogP contribution in [0.5, 0.6) is 17.4 Å². The molecule has 2 aromatic carbocycles. The second-order valence-electron chi connectivity index (χ2n) is 7.78. The van der Waals surface area contributed by atoms with E-state index in [4.69, 9.17) is 9.47 Å². The molecule has 6 nitrogen and oxygen atoms in total. The largest absolute Gasteiger partial charge is 0.493 e. The number of para-hydroxylation sites is 2. The van der Waals surface area contributed by atoms with Gasteiger partial charge < -0.3 is 14.4 Å². The van der Waals surface area contributed by atoms with Gasteiger partial charge in [0.25, 0.3) is 5.91 Å². The Kier molecular flexibility index (Phi) is 6.46. The van der Waals surface area contributed by atoms with Crippen molar-refractivity contribution >= 4 is 5.91 Å². The molecular formula is C25H27N3O3. The predicted molar refractivity (Wildman–Crippen MR) is 120 cm³/mol. The standard InChI is InChI=1S/C25H27N3O3/c1-28(20-8-4-3-5-9-20)25(29)19-14-12-18(13-15-19)21-16-24(27-17-26-21)31-23-11-7-6-10-22(23)30-2/h6-7,10-17,20H,3-5,8-9H2,1-2H3. The zero-order chi connectivity index (χ0) is 21.6. The lowest BCUT2D eigenvalue weighted by atomic mass is 9.94. The SMILES string of the molecule is COc1ccccc1Oc1cc(-c2ccc(C(=O)N(C)C3CCCCC3)cc2)ncn1. The number of aromatic nitrogens is 2. The minimum Gasteiger partial charge on any atom is -0.493 e. The topological polar surface area (TPSA) is 64.6 Å². The molecule has 0 radical (unpaired) electrons. The molecule has 0 saturated heterocycles. The Morgan fingerprint density at radius 3 is 2.39 bits per heavy atom. The lowest BCUT2D eigenvalue weighted by Gasteiger charge is -2.31. The Hall–Kier alpha value is -3.41. The van der Waals surface area contributed by atoms with Crippen LogP contribution in [-0.4, -0.2) is 41.0 Å². The van der Waals surface area contributed by atoms with Gasteiger partial charge in [0.15, 0.2) is 11.5 Å². The number of carbonyl (C=O) groups excluding carboxylic acids is 1. The summed E-state index contributed by atoms with van der Waals surface area (Å²) in [5, 5.41) is 0. The Morgan fingerprint density at radius 2 is 1.68 bits per heavy atom. The molecule has 0 spiro atoms. The Balaban J connectivity index is 1.49. The molecule has 1 saturated carbocycles. The fourth-order valence-electron chi connectivity index (χ4n) is 3.99. The molecule has 1 aromatic heterocycles. The summed E-state index contributed by atoms with van der Waals surface area (Å²) in [6, 6.07) is 17.1. The highest BCUT2D eigenvalue weighted by atomic mass is 16.5. The molecule has 1 aliphatic carbocycles. The van der Waals surface area contributed by atoms with Crippen molar-refractivity contribution < 1.29 is 14.3 Å². The Morgan fingerprint density at radius 1 is 0.968 bits per heavy atom. The van der Waals surface area contributed by atoms with E-state index in [2.05, 4.69) is 9.97 Å². The van der Waals surface area contributed by atoms with Crippen molar-refractivity contribution in [3.05, 3.63) is 66.5 Å². The first-order valence-corrected chi connectivity index (χ1v) is 10.7. The molecular weight excluding hydrogens is 390 g/mol. The van der Waals surface area contributed by atoms with Gasteiger partial charge in [-0.3, -0.25) is 4.79 Å². The highest BCUT2D eigenvalue weighted by Crippen LogP contribution is 2.31. The monoisotopic (exact) mass is 417 g/mol. The van der Waals surface area contributed by atoms with Crippen molar-refractivity contribution in [2.75, 3.05) is 14.2 Å². The summed E-state index contributed by atoms with van der Waals surface area (Å²) in [6.07, 6.45) is 7.33. The van der Waals surface area contributed by atoms with E-state index in [1.807, 2.05) is 60.5 Å². The number of hydrogen-bond acceptors (Lipinski definition) is 5. The quantitative estimate of drug-likeness (QED) is 0.541. The molecule has 0 atom stereocenters. The maximum Gasteiger partial charge on any atom is 0.253 e. The van der Waals surface area contributed by atoms with Gasteiger partial charge in [0.05, 0.1) is 12.8 Å². The molecule has 1 heterocycles. The zero-order valence-corrected chi connectivity index (χ0v) is 18.0. The molecule has 3 aromatic rings. The summed E-state index contributed by atoms with van der Waals surface area (Å²) in [5.41, 5.74) is 2.31. The number of amides is 1. The van der Waals surface area contributed by atoms with Gasteiger partial charge in [0.2, 0.25) is 5.88 Å². The highest BCUT2D eigenvalue weighted by molar-refractivity contribution is 5.94. The molecule has 0 bridgehead atoms. The van der Waals surface area contributed by atoms with Gasteiger partial charge in [-0.1, -0.05) is 43.5 Å². The Bertz CT molecular complexity index is 1030. The third-order valence-electron chi connectivity index (χ3n) is 5.80. The first-order chi connectivity index (χ1) is 15.2. The second kappa shape index (κ2) is 9.60. The van der Waals surface area contributed by atoms with Crippen LogP contribution in [0.15, 0.2) is 60.9 Å². The molecule has 31 heavy (non-hydrogen) atoms. The van der Waals surface area contributed by atoms with E-state index in [-0.39, 0.29) is 5.91 Å². The van der Waals surface area contributed by atoms with E-state index in [1.54, 1.807) is 13.2 Å². The van der Waals surface area contributed by atoms with E-state index in [9.17, 15) is 4.79 Å². The minimum atomic E-state index is 0.0707. The summed E-state index contributed by atoms with van der Waals surface area (Å²) in [4.78, 5) is 23.3. The van der Waals surface area contributed by atoms with Crippen molar-refractivity contribution in [3.63, 3.8) is 0 Å². The predicted octanol–water partition coefficient (Wildman–Crippen LogP) is 5.35. The van der Waals surface area contributed by atoms with Gasteiger partial charge in [0, 0.05) is 30.3 Å². The van der Waals surface area contributed by atoms with Crippen molar-refractivity contribution in [1.29, 1.82) is 0 Å². The number of hydrogen-bond donors (Lipinski definition) is 0. The van der Waals surface area contributed by atoms with Crippen LogP contribution in [0.4, 0.5) is 0 Å². The molecule has 0 N–H and O–H groups in total. The third-order valence-corrected chi connectivity index (χ3v) is 5.80. The Labute approximate surface area is 182 Å². The van der Waals surface area contributed by atoms with E-state index in [0.717, 1.165) is 24.1 Å². The van der Waals surface area contributed by atoms with Crippen LogP contribution in [0.3, 0.4) is 0 Å². The van der Waals surface area contributed by atoms with Crippen molar-refractivity contribution in [1.82, 2.24) is 14.9 Å². The average molecular weight is 418 g/mol. The van der Waals surface area contributed by atoms with Gasteiger partial charge in [-0.05, 0) is 37.1 Å². The van der Waals surface area contributed by atoms with E-state index < -0.39 is 0 Å². The van der Waals surface area contributed by atoms with Gasteiger partial charge >= 0.3 is 0 Å². The molecule has 0 unspecified atom stereocenters. The fraction of sp³-hybridized carbons (Fsp3) is 0.320. The van der Waals surface area contributed by atoms with Crippen LogP contribution in [0.2, 0.25) is 0 Å². The maximum atomic E-state index is 12.9.